The minimum absolute atomic E-state index is 0.192. The van der Waals surface area contributed by atoms with E-state index in [-0.39, 0.29) is 11.9 Å². The fourth-order valence-electron chi connectivity index (χ4n) is 5.49. The molecule has 4 aromatic carbocycles. The van der Waals surface area contributed by atoms with Gasteiger partial charge in [0.15, 0.2) is 6.10 Å². The molecule has 0 spiro atoms. The Bertz CT molecular complexity index is 1570. The number of carbonyl (C=O) groups is 2. The molecule has 0 heterocycles. The predicted octanol–water partition coefficient (Wildman–Crippen LogP) is 9.20. The summed E-state index contributed by atoms with van der Waals surface area (Å²) in [7, 11) is 3.51. The zero-order valence-electron chi connectivity index (χ0n) is 28.4. The molecule has 0 aromatic heterocycles. The number of carbonyl (C=O) groups excluding carboxylic acids is 2. The molecule has 0 aliphatic carbocycles. The average molecular weight is 691 g/mol. The van der Waals surface area contributed by atoms with Gasteiger partial charge in [-0.15, -0.1) is 0 Å². The Kier molecular flexibility index (Phi) is 13.5. The van der Waals surface area contributed by atoms with Crippen molar-refractivity contribution >= 4 is 35.1 Å². The molecule has 0 fully saturated rings. The van der Waals surface area contributed by atoms with Crippen molar-refractivity contribution in [1.82, 2.24) is 4.90 Å². The Morgan fingerprint density at radius 3 is 1.96 bits per heavy atom. The van der Waals surface area contributed by atoms with E-state index in [9.17, 15) is 9.59 Å². The summed E-state index contributed by atoms with van der Waals surface area (Å²) in [6.07, 6.45) is 2.03. The highest BCUT2D eigenvalue weighted by atomic mass is 35.5. The lowest BCUT2D eigenvalue weighted by Crippen LogP contribution is -2.29. The molecular formula is C40H45Cl2NO5. The Morgan fingerprint density at radius 1 is 0.792 bits per heavy atom. The first-order chi connectivity index (χ1) is 22.9. The standard InChI is InChI=1S/C40H45Cl2NO5/c1-40(2,3)48-38(44)32-10-6-8-29(26-32)13-24-37(39(45)46-5)47-35-22-11-28(12-23-35)9-7-25-43(4)27-36(30-14-18-33(41)19-15-30)31-16-20-34(42)21-17-31/h6,8,10-12,14-23,26,36-37H,7,9,13,24-25,27H2,1-5H3. The summed E-state index contributed by atoms with van der Waals surface area (Å²) in [5, 5.41) is 1.45. The van der Waals surface area contributed by atoms with Gasteiger partial charge in [-0.25, -0.2) is 9.59 Å². The maximum Gasteiger partial charge on any atom is 0.347 e. The van der Waals surface area contributed by atoms with Crippen molar-refractivity contribution in [2.24, 2.45) is 0 Å². The van der Waals surface area contributed by atoms with Crippen LogP contribution >= 0.6 is 23.2 Å². The summed E-state index contributed by atoms with van der Waals surface area (Å²) >= 11 is 12.3. The third kappa shape index (κ3) is 11.7. The summed E-state index contributed by atoms with van der Waals surface area (Å²) < 4.78 is 16.6. The molecule has 8 heteroatoms. The summed E-state index contributed by atoms with van der Waals surface area (Å²) in [6.45, 7) is 7.29. The quantitative estimate of drug-likeness (QED) is 0.116. The fourth-order valence-corrected chi connectivity index (χ4v) is 5.75. The van der Waals surface area contributed by atoms with Crippen LogP contribution in [0, 0.1) is 0 Å². The summed E-state index contributed by atoms with van der Waals surface area (Å²) in [6, 6.07) is 31.3. The Morgan fingerprint density at radius 2 is 1.40 bits per heavy atom. The Labute approximate surface area is 294 Å². The van der Waals surface area contributed by atoms with Gasteiger partial charge in [-0.2, -0.15) is 0 Å². The highest BCUT2D eigenvalue weighted by Gasteiger charge is 2.23. The summed E-state index contributed by atoms with van der Waals surface area (Å²) in [5.41, 5.74) is 4.42. The molecule has 0 saturated heterocycles. The monoisotopic (exact) mass is 689 g/mol. The van der Waals surface area contributed by atoms with E-state index in [1.165, 1.54) is 23.8 Å². The number of ether oxygens (including phenoxy) is 3. The van der Waals surface area contributed by atoms with Crippen LogP contribution in [0.15, 0.2) is 97.1 Å². The molecule has 1 unspecified atom stereocenters. The molecule has 48 heavy (non-hydrogen) atoms. The van der Waals surface area contributed by atoms with Crippen LogP contribution in [0.4, 0.5) is 0 Å². The third-order valence-corrected chi connectivity index (χ3v) is 8.47. The number of hydrogen-bond acceptors (Lipinski definition) is 6. The van der Waals surface area contributed by atoms with E-state index in [1.807, 2.05) is 81.4 Å². The maximum absolute atomic E-state index is 12.6. The first kappa shape index (κ1) is 37.0. The molecule has 1 atom stereocenters. The van der Waals surface area contributed by atoms with Gasteiger partial charge >= 0.3 is 11.9 Å². The number of methoxy groups -OCH3 is 1. The van der Waals surface area contributed by atoms with Gasteiger partial charge in [0, 0.05) is 22.5 Å². The zero-order chi connectivity index (χ0) is 34.7. The summed E-state index contributed by atoms with van der Waals surface area (Å²) in [5.74, 6) is -0.0296. The second-order valence-corrected chi connectivity index (χ2v) is 13.9. The van der Waals surface area contributed by atoms with Crippen molar-refractivity contribution in [2.45, 2.75) is 64.1 Å². The van der Waals surface area contributed by atoms with Crippen LogP contribution in [0.2, 0.25) is 10.0 Å². The number of hydrogen-bond donors (Lipinski definition) is 0. The number of likely N-dealkylation sites (N-methyl/N-ethyl adjacent to an activating group) is 1. The lowest BCUT2D eigenvalue weighted by atomic mass is 9.91. The molecule has 0 N–H and O–H groups in total. The van der Waals surface area contributed by atoms with E-state index in [2.05, 4.69) is 36.2 Å². The van der Waals surface area contributed by atoms with Crippen molar-refractivity contribution in [1.29, 1.82) is 0 Å². The van der Waals surface area contributed by atoms with Crippen LogP contribution in [0.3, 0.4) is 0 Å². The largest absolute Gasteiger partial charge is 0.479 e. The second kappa shape index (κ2) is 17.5. The van der Waals surface area contributed by atoms with Crippen molar-refractivity contribution < 1.29 is 23.8 Å². The van der Waals surface area contributed by atoms with Gasteiger partial charge in [0.05, 0.1) is 12.7 Å². The van der Waals surface area contributed by atoms with Gasteiger partial charge in [0.2, 0.25) is 0 Å². The zero-order valence-corrected chi connectivity index (χ0v) is 29.9. The predicted molar refractivity (Wildman–Crippen MR) is 193 cm³/mol. The number of aryl methyl sites for hydroxylation is 2. The first-order valence-corrected chi connectivity index (χ1v) is 17.0. The molecule has 0 bridgehead atoms. The van der Waals surface area contributed by atoms with Crippen LogP contribution < -0.4 is 4.74 Å². The molecule has 0 saturated carbocycles. The van der Waals surface area contributed by atoms with E-state index in [4.69, 9.17) is 37.4 Å². The van der Waals surface area contributed by atoms with E-state index in [0.29, 0.717) is 24.2 Å². The normalized spacial score (nSPS) is 12.2. The van der Waals surface area contributed by atoms with Crippen LogP contribution in [0.25, 0.3) is 0 Å². The lowest BCUT2D eigenvalue weighted by molar-refractivity contribution is -0.149. The van der Waals surface area contributed by atoms with E-state index in [1.54, 1.807) is 12.1 Å². The van der Waals surface area contributed by atoms with Gasteiger partial charge in [-0.1, -0.05) is 71.7 Å². The second-order valence-electron chi connectivity index (χ2n) is 13.0. The number of nitrogens with zero attached hydrogens (tertiary/aromatic N) is 1. The van der Waals surface area contributed by atoms with Gasteiger partial charge < -0.3 is 19.1 Å². The van der Waals surface area contributed by atoms with Gasteiger partial charge in [0.25, 0.3) is 0 Å². The summed E-state index contributed by atoms with van der Waals surface area (Å²) in [4.78, 5) is 27.5. The molecule has 6 nitrogen and oxygen atoms in total. The molecule has 254 valence electrons. The van der Waals surface area contributed by atoms with Crippen molar-refractivity contribution in [2.75, 3.05) is 27.2 Å². The van der Waals surface area contributed by atoms with Crippen LogP contribution in [0.5, 0.6) is 5.75 Å². The van der Waals surface area contributed by atoms with Crippen molar-refractivity contribution in [3.63, 3.8) is 0 Å². The van der Waals surface area contributed by atoms with Gasteiger partial charge in [0.1, 0.15) is 11.4 Å². The minimum Gasteiger partial charge on any atom is -0.479 e. The van der Waals surface area contributed by atoms with E-state index in [0.717, 1.165) is 41.5 Å². The Balaban J connectivity index is 1.30. The molecule has 4 aromatic rings. The van der Waals surface area contributed by atoms with Crippen LogP contribution in [-0.2, 0) is 27.1 Å². The Hall–Kier alpha value is -3.84. The van der Waals surface area contributed by atoms with Crippen LogP contribution in [-0.4, -0.2) is 55.8 Å². The van der Waals surface area contributed by atoms with Gasteiger partial charge in [-0.05, 0) is 131 Å². The average Bonchev–Trinajstić information content (AvgIpc) is 3.06. The highest BCUT2D eigenvalue weighted by Crippen LogP contribution is 2.28. The van der Waals surface area contributed by atoms with E-state index < -0.39 is 17.7 Å². The van der Waals surface area contributed by atoms with Crippen molar-refractivity contribution in [3.05, 3.63) is 135 Å². The molecule has 0 aliphatic heterocycles. The number of benzene rings is 4. The minimum atomic E-state index is -0.783. The number of esters is 2. The number of rotatable bonds is 15. The maximum atomic E-state index is 12.6. The molecule has 0 amide bonds. The smallest absolute Gasteiger partial charge is 0.347 e. The molecule has 0 aliphatic rings. The SMILES string of the molecule is COC(=O)C(CCc1cccc(C(=O)OC(C)(C)C)c1)Oc1ccc(CCCN(C)CC(c2ccc(Cl)cc2)c2ccc(Cl)cc2)cc1. The third-order valence-electron chi connectivity index (χ3n) is 7.97. The number of halogens is 2. The van der Waals surface area contributed by atoms with Crippen LogP contribution in [0.1, 0.15) is 72.1 Å². The van der Waals surface area contributed by atoms with E-state index >= 15 is 0 Å². The van der Waals surface area contributed by atoms with Crippen molar-refractivity contribution in [3.8, 4) is 5.75 Å². The topological polar surface area (TPSA) is 65.1 Å². The molecular weight excluding hydrogens is 645 g/mol. The molecule has 4 rings (SSSR count). The molecule has 0 radical (unpaired) electrons. The fraction of sp³-hybridized carbons (Fsp3) is 0.350. The van der Waals surface area contributed by atoms with Gasteiger partial charge in [-0.3, -0.25) is 0 Å². The highest BCUT2D eigenvalue weighted by molar-refractivity contribution is 6.30. The first-order valence-electron chi connectivity index (χ1n) is 16.3. The lowest BCUT2D eigenvalue weighted by Gasteiger charge is -2.25.